The number of nitrogens with one attached hydrogen (secondary N) is 1. The lowest BCUT2D eigenvalue weighted by atomic mass is 9.76. The predicted octanol–water partition coefficient (Wildman–Crippen LogP) is 4.36. The van der Waals surface area contributed by atoms with Crippen LogP contribution < -0.4 is 10.3 Å². The van der Waals surface area contributed by atoms with E-state index in [-0.39, 0.29) is 17.0 Å². The molecule has 0 fully saturated rings. The fourth-order valence-electron chi connectivity index (χ4n) is 4.07. The minimum atomic E-state index is -1.75. The summed E-state index contributed by atoms with van der Waals surface area (Å²) in [4.78, 5) is 25.3. The van der Waals surface area contributed by atoms with Crippen molar-refractivity contribution in [1.29, 1.82) is 0 Å². The zero-order chi connectivity index (χ0) is 25.3. The lowest BCUT2D eigenvalue weighted by Gasteiger charge is -2.37. The molecule has 2 atom stereocenters. The molecule has 1 aliphatic heterocycles. The largest absolute Gasteiger partial charge is 0.468 e. The SMILES string of the molecule is COC(=O)CNC(=O)C1(C)C(c2ccsc2)C(c2ccc(F)cc2F)=NN1c1ccc(F)cc1F. The molecule has 1 aliphatic rings. The van der Waals surface area contributed by atoms with Crippen molar-refractivity contribution < 1.29 is 31.9 Å². The zero-order valence-electron chi connectivity index (χ0n) is 18.5. The Balaban J connectivity index is 1.93. The van der Waals surface area contributed by atoms with Gasteiger partial charge in [-0.2, -0.15) is 16.4 Å². The minimum Gasteiger partial charge on any atom is -0.468 e. The van der Waals surface area contributed by atoms with Gasteiger partial charge in [0.05, 0.1) is 24.4 Å². The highest BCUT2D eigenvalue weighted by Gasteiger charge is 2.55. The molecule has 2 unspecified atom stereocenters. The molecule has 1 aromatic heterocycles. The first-order chi connectivity index (χ1) is 16.7. The number of thiophene rings is 1. The zero-order valence-corrected chi connectivity index (χ0v) is 19.3. The number of carbonyl (C=O) groups is 2. The topological polar surface area (TPSA) is 71.0 Å². The lowest BCUT2D eigenvalue weighted by Crippen LogP contribution is -2.57. The van der Waals surface area contributed by atoms with E-state index in [2.05, 4.69) is 15.2 Å². The van der Waals surface area contributed by atoms with Crippen LogP contribution in [-0.2, 0) is 14.3 Å². The van der Waals surface area contributed by atoms with Gasteiger partial charge in [0.25, 0.3) is 0 Å². The van der Waals surface area contributed by atoms with Crippen molar-refractivity contribution in [2.75, 3.05) is 18.7 Å². The molecular formula is C24H19F4N3O3S. The first-order valence-corrected chi connectivity index (χ1v) is 11.3. The molecule has 3 aromatic rings. The molecule has 1 N–H and O–H groups in total. The number of hydrazone groups is 1. The van der Waals surface area contributed by atoms with Crippen molar-refractivity contribution in [3.05, 3.63) is 87.6 Å². The van der Waals surface area contributed by atoms with E-state index in [1.807, 2.05) is 0 Å². The Morgan fingerprint density at radius 1 is 1.09 bits per heavy atom. The van der Waals surface area contributed by atoms with Gasteiger partial charge < -0.3 is 10.1 Å². The molecule has 2 aromatic carbocycles. The van der Waals surface area contributed by atoms with Crippen LogP contribution in [0.25, 0.3) is 0 Å². The summed E-state index contributed by atoms with van der Waals surface area (Å²) in [7, 11) is 1.15. The molecule has 0 saturated carbocycles. The van der Waals surface area contributed by atoms with Gasteiger partial charge in [0.1, 0.15) is 24.0 Å². The average molecular weight is 505 g/mol. The van der Waals surface area contributed by atoms with Gasteiger partial charge in [-0.1, -0.05) is 0 Å². The smallest absolute Gasteiger partial charge is 0.325 e. The van der Waals surface area contributed by atoms with Gasteiger partial charge in [0, 0.05) is 17.7 Å². The second kappa shape index (κ2) is 9.49. The summed E-state index contributed by atoms with van der Waals surface area (Å²) in [6.07, 6.45) is 0. The predicted molar refractivity (Wildman–Crippen MR) is 122 cm³/mol. The highest BCUT2D eigenvalue weighted by atomic mass is 32.1. The van der Waals surface area contributed by atoms with Crippen LogP contribution in [0.5, 0.6) is 0 Å². The molecule has 1 amide bonds. The Kier molecular flexibility index (Phi) is 6.62. The van der Waals surface area contributed by atoms with E-state index < -0.39 is 53.1 Å². The maximum Gasteiger partial charge on any atom is 0.325 e. The monoisotopic (exact) mass is 505 g/mol. The highest BCUT2D eigenvalue weighted by Crippen LogP contribution is 2.46. The number of anilines is 1. The maximum absolute atomic E-state index is 14.9. The molecule has 2 heterocycles. The number of esters is 1. The number of nitrogens with zero attached hydrogens (tertiary/aromatic N) is 2. The lowest BCUT2D eigenvalue weighted by molar-refractivity contribution is -0.141. The van der Waals surface area contributed by atoms with E-state index in [0.29, 0.717) is 17.7 Å². The molecule has 4 rings (SSSR count). The first-order valence-electron chi connectivity index (χ1n) is 10.3. The van der Waals surface area contributed by atoms with Crippen LogP contribution in [-0.4, -0.2) is 36.8 Å². The molecule has 0 bridgehead atoms. The second-order valence-electron chi connectivity index (χ2n) is 7.91. The molecule has 0 saturated heterocycles. The summed E-state index contributed by atoms with van der Waals surface area (Å²) in [5.74, 6) is -6.03. The third-order valence-corrected chi connectivity index (χ3v) is 6.49. The van der Waals surface area contributed by atoms with Crippen LogP contribution in [0, 0.1) is 23.3 Å². The van der Waals surface area contributed by atoms with Crippen LogP contribution in [0.15, 0.2) is 58.3 Å². The average Bonchev–Trinajstić information content (AvgIpc) is 3.44. The number of benzene rings is 2. The summed E-state index contributed by atoms with van der Waals surface area (Å²) in [6.45, 7) is 0.962. The normalized spacial score (nSPS) is 19.4. The molecule has 0 radical (unpaired) electrons. The number of halogens is 4. The summed E-state index contributed by atoms with van der Waals surface area (Å²) in [6, 6.07) is 7.33. The molecule has 0 spiro atoms. The Bertz CT molecular complexity index is 1320. The fraction of sp³-hybridized carbons (Fsp3) is 0.208. The van der Waals surface area contributed by atoms with Crippen LogP contribution in [0.1, 0.15) is 24.0 Å². The van der Waals surface area contributed by atoms with Crippen molar-refractivity contribution >= 4 is 34.6 Å². The Morgan fingerprint density at radius 3 is 2.37 bits per heavy atom. The minimum absolute atomic E-state index is 0.0281. The molecular weight excluding hydrogens is 486 g/mol. The van der Waals surface area contributed by atoms with Crippen molar-refractivity contribution in [2.45, 2.75) is 18.4 Å². The van der Waals surface area contributed by atoms with Crippen molar-refractivity contribution in [1.82, 2.24) is 5.32 Å². The summed E-state index contributed by atoms with van der Waals surface area (Å²) >= 11 is 1.31. The third-order valence-electron chi connectivity index (χ3n) is 5.79. The quantitative estimate of drug-likeness (QED) is 0.399. The number of methoxy groups -OCH3 is 1. The van der Waals surface area contributed by atoms with Gasteiger partial charge >= 0.3 is 5.97 Å². The Hall–Kier alpha value is -3.73. The molecule has 182 valence electrons. The number of carbonyl (C=O) groups excluding carboxylic acids is 2. The summed E-state index contributed by atoms with van der Waals surface area (Å²) in [5.41, 5.74) is -1.51. The Morgan fingerprint density at radius 2 is 1.77 bits per heavy atom. The maximum atomic E-state index is 14.9. The van der Waals surface area contributed by atoms with E-state index in [9.17, 15) is 27.2 Å². The third kappa shape index (κ3) is 4.39. The van der Waals surface area contributed by atoms with E-state index in [0.717, 1.165) is 30.3 Å². The van der Waals surface area contributed by atoms with E-state index in [1.165, 1.54) is 24.3 Å². The van der Waals surface area contributed by atoms with Gasteiger partial charge in [-0.3, -0.25) is 9.59 Å². The molecule has 0 aliphatic carbocycles. The van der Waals surface area contributed by atoms with Gasteiger partial charge in [-0.15, -0.1) is 0 Å². The molecule has 11 heteroatoms. The van der Waals surface area contributed by atoms with Crippen LogP contribution in [0.4, 0.5) is 23.2 Å². The standard InChI is InChI=1S/C24H19F4N3O3S/c1-24(23(33)29-11-20(32)34-2)21(13-7-8-35-12-13)22(16-5-3-14(25)9-17(16)27)30-31(24)19-6-4-15(26)10-18(19)28/h3-10,12,21H,11H2,1-2H3,(H,29,33). The van der Waals surface area contributed by atoms with Crippen molar-refractivity contribution in [3.8, 4) is 0 Å². The second-order valence-corrected chi connectivity index (χ2v) is 8.69. The van der Waals surface area contributed by atoms with Gasteiger partial charge in [-0.05, 0) is 53.6 Å². The highest BCUT2D eigenvalue weighted by molar-refractivity contribution is 7.08. The number of ether oxygens (including phenoxy) is 1. The number of rotatable bonds is 6. The van der Waals surface area contributed by atoms with Gasteiger partial charge in [-0.25, -0.2) is 22.6 Å². The van der Waals surface area contributed by atoms with Crippen molar-refractivity contribution in [2.24, 2.45) is 5.10 Å². The van der Waals surface area contributed by atoms with Crippen LogP contribution in [0.3, 0.4) is 0 Å². The summed E-state index contributed by atoms with van der Waals surface area (Å²) in [5, 5.41) is 11.4. The first kappa shape index (κ1) is 24.4. The van der Waals surface area contributed by atoms with Gasteiger partial charge in [0.2, 0.25) is 5.91 Å². The molecule has 35 heavy (non-hydrogen) atoms. The van der Waals surface area contributed by atoms with Crippen LogP contribution >= 0.6 is 11.3 Å². The Labute approximate surface area is 201 Å². The van der Waals surface area contributed by atoms with Crippen molar-refractivity contribution in [3.63, 3.8) is 0 Å². The fourth-order valence-corrected chi connectivity index (χ4v) is 4.76. The molecule has 6 nitrogen and oxygen atoms in total. The number of amides is 1. The van der Waals surface area contributed by atoms with E-state index in [4.69, 9.17) is 0 Å². The van der Waals surface area contributed by atoms with Gasteiger partial charge in [0.15, 0.2) is 11.4 Å². The summed E-state index contributed by atoms with van der Waals surface area (Å²) < 4.78 is 61.7. The van der Waals surface area contributed by atoms with Crippen LogP contribution in [0.2, 0.25) is 0 Å². The number of hydrogen-bond acceptors (Lipinski definition) is 6. The number of hydrogen-bond donors (Lipinski definition) is 1. The van der Waals surface area contributed by atoms with E-state index in [1.54, 1.807) is 16.8 Å². The van der Waals surface area contributed by atoms with E-state index >= 15 is 0 Å².